The van der Waals surface area contributed by atoms with Gasteiger partial charge in [-0.05, 0) is 60.6 Å². The van der Waals surface area contributed by atoms with Crippen molar-refractivity contribution in [3.63, 3.8) is 0 Å². The molecule has 0 fully saturated rings. The molecule has 2 aromatic heterocycles. The number of nitrogens with zero attached hydrogens (tertiary/aromatic N) is 1. The molecule has 3 aromatic rings. The minimum absolute atomic E-state index is 0.254. The van der Waals surface area contributed by atoms with E-state index < -0.39 is 0 Å². The molecule has 1 aliphatic carbocycles. The maximum atomic E-state index is 12.8. The van der Waals surface area contributed by atoms with E-state index in [0.29, 0.717) is 0 Å². The Labute approximate surface area is 139 Å². The van der Waals surface area contributed by atoms with Crippen LogP contribution < -0.4 is 5.43 Å². The molecule has 1 aliphatic rings. The normalized spacial score (nSPS) is 17.2. The van der Waals surface area contributed by atoms with Crippen molar-refractivity contribution in [1.82, 2.24) is 4.98 Å². The molecule has 0 spiro atoms. The van der Waals surface area contributed by atoms with Crippen molar-refractivity contribution in [2.75, 3.05) is 0 Å². The van der Waals surface area contributed by atoms with Gasteiger partial charge in [0.05, 0.1) is 0 Å². The van der Waals surface area contributed by atoms with Gasteiger partial charge in [0, 0.05) is 32.9 Å². The van der Waals surface area contributed by atoms with Gasteiger partial charge in [-0.2, -0.15) is 0 Å². The van der Waals surface area contributed by atoms with Crippen LogP contribution in [0.1, 0.15) is 30.2 Å². The van der Waals surface area contributed by atoms with E-state index in [1.807, 2.05) is 29.5 Å². The van der Waals surface area contributed by atoms with Gasteiger partial charge in [-0.15, -0.1) is 11.3 Å². The van der Waals surface area contributed by atoms with Gasteiger partial charge in [-0.25, -0.2) is 0 Å². The van der Waals surface area contributed by atoms with Crippen LogP contribution in [0.5, 0.6) is 0 Å². The summed E-state index contributed by atoms with van der Waals surface area (Å²) in [7, 11) is 0. The van der Waals surface area contributed by atoms with Gasteiger partial charge in [0.15, 0.2) is 5.43 Å². The zero-order chi connectivity index (χ0) is 15.8. The Bertz CT molecular complexity index is 914. The van der Waals surface area contributed by atoms with E-state index in [4.69, 9.17) is 0 Å². The van der Waals surface area contributed by atoms with Crippen LogP contribution in [0.15, 0.2) is 47.5 Å². The highest BCUT2D eigenvalue weighted by atomic mass is 32.1. The van der Waals surface area contributed by atoms with Crippen LogP contribution >= 0.6 is 11.3 Å². The largest absolute Gasteiger partial charge is 0.289 e. The highest BCUT2D eigenvalue weighted by molar-refractivity contribution is 7.18. The van der Waals surface area contributed by atoms with Crippen LogP contribution in [-0.4, -0.2) is 4.98 Å². The Morgan fingerprint density at radius 2 is 2.00 bits per heavy atom. The lowest BCUT2D eigenvalue weighted by atomic mass is 9.86. The molecule has 116 valence electrons. The van der Waals surface area contributed by atoms with Crippen molar-refractivity contribution < 1.29 is 0 Å². The molecule has 3 heteroatoms. The molecular formula is C20H19NOS. The standard InChI is InChI=1S/C20H19NOS/c1-2-13-3-5-16-18(11-13)23-19-12-15(4-6-17(19)20(16)22)14-7-9-21-10-8-14/h4,6-10,12-13H,2-3,5,11H2,1H3. The molecule has 1 atom stereocenters. The van der Waals surface area contributed by atoms with Gasteiger partial charge < -0.3 is 0 Å². The van der Waals surface area contributed by atoms with Crippen LogP contribution in [0, 0.1) is 5.92 Å². The number of pyridine rings is 1. The predicted molar refractivity (Wildman–Crippen MR) is 97.1 cm³/mol. The average Bonchev–Trinajstić information content (AvgIpc) is 2.61. The molecular weight excluding hydrogens is 302 g/mol. The molecule has 23 heavy (non-hydrogen) atoms. The van der Waals surface area contributed by atoms with Crippen LogP contribution in [-0.2, 0) is 12.8 Å². The van der Waals surface area contributed by atoms with Crippen molar-refractivity contribution in [1.29, 1.82) is 0 Å². The monoisotopic (exact) mass is 321 g/mol. The van der Waals surface area contributed by atoms with E-state index in [2.05, 4.69) is 24.0 Å². The summed E-state index contributed by atoms with van der Waals surface area (Å²) in [5.41, 5.74) is 3.62. The van der Waals surface area contributed by atoms with Gasteiger partial charge in [0.1, 0.15) is 0 Å². The van der Waals surface area contributed by atoms with Gasteiger partial charge >= 0.3 is 0 Å². The Morgan fingerprint density at radius 1 is 1.17 bits per heavy atom. The van der Waals surface area contributed by atoms with Crippen LogP contribution in [0.4, 0.5) is 0 Å². The second-order valence-corrected chi connectivity index (χ2v) is 7.43. The van der Waals surface area contributed by atoms with E-state index in [9.17, 15) is 4.79 Å². The lowest BCUT2D eigenvalue weighted by molar-refractivity contribution is 0.448. The van der Waals surface area contributed by atoms with E-state index in [1.165, 1.54) is 11.3 Å². The average molecular weight is 321 g/mol. The van der Waals surface area contributed by atoms with Crippen molar-refractivity contribution in [2.45, 2.75) is 32.6 Å². The van der Waals surface area contributed by atoms with Crippen molar-refractivity contribution in [3.05, 3.63) is 63.4 Å². The zero-order valence-corrected chi connectivity index (χ0v) is 14.0. The topological polar surface area (TPSA) is 30.0 Å². The first-order valence-corrected chi connectivity index (χ1v) is 9.07. The maximum Gasteiger partial charge on any atom is 0.191 e. The second-order valence-electron chi connectivity index (χ2n) is 6.30. The number of hydrogen-bond donors (Lipinski definition) is 0. The molecule has 0 N–H and O–H groups in total. The summed E-state index contributed by atoms with van der Waals surface area (Å²) in [6.45, 7) is 2.25. The number of fused-ring (bicyclic) bond motifs is 2. The molecule has 0 bridgehead atoms. The second kappa shape index (κ2) is 5.89. The first-order chi connectivity index (χ1) is 11.3. The third-order valence-corrected chi connectivity index (χ3v) is 6.15. The minimum Gasteiger partial charge on any atom is -0.289 e. The summed E-state index contributed by atoms with van der Waals surface area (Å²) in [5.74, 6) is 0.735. The Balaban J connectivity index is 1.87. The number of hydrogen-bond acceptors (Lipinski definition) is 3. The quantitative estimate of drug-likeness (QED) is 0.676. The van der Waals surface area contributed by atoms with Crippen LogP contribution in [0.2, 0.25) is 0 Å². The highest BCUT2D eigenvalue weighted by Crippen LogP contribution is 2.33. The number of aromatic nitrogens is 1. The smallest absolute Gasteiger partial charge is 0.191 e. The van der Waals surface area contributed by atoms with E-state index in [0.717, 1.165) is 52.0 Å². The molecule has 1 aromatic carbocycles. The zero-order valence-electron chi connectivity index (χ0n) is 13.2. The van der Waals surface area contributed by atoms with E-state index in [-0.39, 0.29) is 5.43 Å². The molecule has 0 saturated heterocycles. The third kappa shape index (κ3) is 2.59. The summed E-state index contributed by atoms with van der Waals surface area (Å²) in [4.78, 5) is 18.2. The molecule has 0 aliphatic heterocycles. The molecule has 2 nitrogen and oxygen atoms in total. The first kappa shape index (κ1) is 14.6. The lowest BCUT2D eigenvalue weighted by Gasteiger charge is -2.22. The summed E-state index contributed by atoms with van der Waals surface area (Å²) >= 11 is 1.82. The van der Waals surface area contributed by atoms with Gasteiger partial charge in [0.2, 0.25) is 0 Å². The maximum absolute atomic E-state index is 12.8. The first-order valence-electron chi connectivity index (χ1n) is 8.25. The minimum atomic E-state index is 0.254. The van der Waals surface area contributed by atoms with Gasteiger partial charge in [0.25, 0.3) is 0 Å². The fourth-order valence-corrected chi connectivity index (χ4v) is 4.84. The van der Waals surface area contributed by atoms with Crippen molar-refractivity contribution in [2.24, 2.45) is 5.92 Å². The number of benzene rings is 1. The van der Waals surface area contributed by atoms with Crippen molar-refractivity contribution >= 4 is 21.4 Å². The Kier molecular flexibility index (Phi) is 3.74. The highest BCUT2D eigenvalue weighted by Gasteiger charge is 2.21. The predicted octanol–water partition coefficient (Wildman–Crippen LogP) is 4.84. The lowest BCUT2D eigenvalue weighted by Crippen LogP contribution is -2.20. The van der Waals surface area contributed by atoms with Crippen molar-refractivity contribution in [3.8, 4) is 11.1 Å². The fraction of sp³-hybridized carbons (Fsp3) is 0.300. The molecule has 0 radical (unpaired) electrons. The summed E-state index contributed by atoms with van der Waals surface area (Å²) < 4.78 is 1.11. The fourth-order valence-electron chi connectivity index (χ4n) is 3.48. The van der Waals surface area contributed by atoms with Gasteiger partial charge in [-0.3, -0.25) is 9.78 Å². The Morgan fingerprint density at radius 3 is 2.78 bits per heavy atom. The molecule has 4 rings (SSSR count). The molecule has 0 saturated carbocycles. The van der Waals surface area contributed by atoms with Crippen LogP contribution in [0.3, 0.4) is 0 Å². The molecule has 0 amide bonds. The summed E-state index contributed by atoms with van der Waals surface area (Å²) in [5, 5.41) is 0.876. The third-order valence-electron chi connectivity index (χ3n) is 4.94. The summed E-state index contributed by atoms with van der Waals surface area (Å²) in [6, 6.07) is 10.2. The number of rotatable bonds is 2. The van der Waals surface area contributed by atoms with E-state index >= 15 is 0 Å². The van der Waals surface area contributed by atoms with Crippen LogP contribution in [0.25, 0.3) is 21.2 Å². The SMILES string of the molecule is CCC1CCc2c(sc3cc(-c4ccncc4)ccc3c2=O)C1. The Hall–Kier alpha value is -2.00. The van der Waals surface area contributed by atoms with E-state index in [1.54, 1.807) is 12.4 Å². The van der Waals surface area contributed by atoms with Gasteiger partial charge in [-0.1, -0.05) is 19.4 Å². The summed E-state index contributed by atoms with van der Waals surface area (Å²) in [6.07, 6.45) is 8.00. The molecule has 1 unspecified atom stereocenters. The molecule has 2 heterocycles.